The SMILES string of the molecule is COCCNCc1cnn(C(C)(C)C)c1. The van der Waals surface area contributed by atoms with Crippen LogP contribution in [0.15, 0.2) is 12.4 Å². The van der Waals surface area contributed by atoms with E-state index in [4.69, 9.17) is 4.74 Å². The van der Waals surface area contributed by atoms with Crippen LogP contribution in [0.25, 0.3) is 0 Å². The minimum Gasteiger partial charge on any atom is -0.383 e. The average molecular weight is 211 g/mol. The van der Waals surface area contributed by atoms with Crippen LogP contribution in [0.5, 0.6) is 0 Å². The van der Waals surface area contributed by atoms with E-state index in [1.807, 2.05) is 10.9 Å². The van der Waals surface area contributed by atoms with Gasteiger partial charge in [-0.25, -0.2) is 0 Å². The van der Waals surface area contributed by atoms with E-state index in [2.05, 4.69) is 37.4 Å². The third-order valence-corrected chi connectivity index (χ3v) is 2.14. The van der Waals surface area contributed by atoms with Gasteiger partial charge in [0.2, 0.25) is 0 Å². The van der Waals surface area contributed by atoms with Gasteiger partial charge in [0, 0.05) is 32.0 Å². The summed E-state index contributed by atoms with van der Waals surface area (Å²) in [4.78, 5) is 0. The highest BCUT2D eigenvalue weighted by Gasteiger charge is 2.13. The highest BCUT2D eigenvalue weighted by molar-refractivity contribution is 5.04. The molecule has 1 aromatic heterocycles. The first-order valence-electron chi connectivity index (χ1n) is 5.27. The first-order valence-corrected chi connectivity index (χ1v) is 5.27. The molecular formula is C11H21N3O. The Balaban J connectivity index is 2.40. The molecule has 15 heavy (non-hydrogen) atoms. The summed E-state index contributed by atoms with van der Waals surface area (Å²) >= 11 is 0. The lowest BCUT2D eigenvalue weighted by molar-refractivity contribution is 0.199. The maximum absolute atomic E-state index is 4.96. The van der Waals surface area contributed by atoms with Crippen LogP contribution in [0.2, 0.25) is 0 Å². The molecule has 0 fully saturated rings. The zero-order valence-corrected chi connectivity index (χ0v) is 10.1. The van der Waals surface area contributed by atoms with E-state index in [-0.39, 0.29) is 5.54 Å². The lowest BCUT2D eigenvalue weighted by Crippen LogP contribution is -2.22. The summed E-state index contributed by atoms with van der Waals surface area (Å²) in [6.07, 6.45) is 3.99. The second-order valence-corrected chi connectivity index (χ2v) is 4.63. The summed E-state index contributed by atoms with van der Waals surface area (Å²) in [7, 11) is 1.71. The molecular weight excluding hydrogens is 190 g/mol. The van der Waals surface area contributed by atoms with Crippen LogP contribution in [0.4, 0.5) is 0 Å². The smallest absolute Gasteiger partial charge is 0.0587 e. The van der Waals surface area contributed by atoms with Gasteiger partial charge >= 0.3 is 0 Å². The fraction of sp³-hybridized carbons (Fsp3) is 0.727. The Morgan fingerprint density at radius 2 is 2.20 bits per heavy atom. The molecule has 0 saturated heterocycles. The van der Waals surface area contributed by atoms with Gasteiger partial charge in [0.15, 0.2) is 0 Å². The Labute approximate surface area is 91.6 Å². The van der Waals surface area contributed by atoms with Gasteiger partial charge in [0.05, 0.1) is 18.3 Å². The number of hydrogen-bond acceptors (Lipinski definition) is 3. The van der Waals surface area contributed by atoms with Crippen LogP contribution in [0.1, 0.15) is 26.3 Å². The van der Waals surface area contributed by atoms with E-state index in [1.54, 1.807) is 7.11 Å². The zero-order valence-electron chi connectivity index (χ0n) is 10.1. The normalized spacial score (nSPS) is 12.0. The van der Waals surface area contributed by atoms with Crippen molar-refractivity contribution in [1.29, 1.82) is 0 Å². The van der Waals surface area contributed by atoms with Gasteiger partial charge in [-0.05, 0) is 20.8 Å². The first kappa shape index (κ1) is 12.2. The van der Waals surface area contributed by atoms with Crippen molar-refractivity contribution in [2.75, 3.05) is 20.3 Å². The zero-order chi connectivity index (χ0) is 11.3. The monoisotopic (exact) mass is 211 g/mol. The molecule has 0 aliphatic rings. The fourth-order valence-electron chi connectivity index (χ4n) is 1.23. The third-order valence-electron chi connectivity index (χ3n) is 2.14. The van der Waals surface area contributed by atoms with E-state index < -0.39 is 0 Å². The molecule has 0 atom stereocenters. The summed E-state index contributed by atoms with van der Waals surface area (Å²) in [5, 5.41) is 7.62. The molecule has 0 aliphatic heterocycles. The number of nitrogens with one attached hydrogen (secondary N) is 1. The topological polar surface area (TPSA) is 39.1 Å². The molecule has 1 heterocycles. The number of aromatic nitrogens is 2. The molecule has 86 valence electrons. The Bertz CT molecular complexity index is 288. The average Bonchev–Trinajstić information content (AvgIpc) is 2.60. The summed E-state index contributed by atoms with van der Waals surface area (Å²) in [6.45, 7) is 8.89. The summed E-state index contributed by atoms with van der Waals surface area (Å²) in [5.41, 5.74) is 1.27. The van der Waals surface area contributed by atoms with Crippen molar-refractivity contribution < 1.29 is 4.74 Å². The van der Waals surface area contributed by atoms with E-state index in [0.29, 0.717) is 0 Å². The Kier molecular flexibility index (Phi) is 4.29. The van der Waals surface area contributed by atoms with Crippen LogP contribution < -0.4 is 5.32 Å². The second-order valence-electron chi connectivity index (χ2n) is 4.63. The van der Waals surface area contributed by atoms with E-state index in [9.17, 15) is 0 Å². The molecule has 4 nitrogen and oxygen atoms in total. The van der Waals surface area contributed by atoms with Crippen molar-refractivity contribution in [1.82, 2.24) is 15.1 Å². The van der Waals surface area contributed by atoms with Crippen molar-refractivity contribution >= 4 is 0 Å². The summed E-state index contributed by atoms with van der Waals surface area (Å²) in [6, 6.07) is 0. The van der Waals surface area contributed by atoms with Crippen molar-refractivity contribution in [3.8, 4) is 0 Å². The van der Waals surface area contributed by atoms with Crippen molar-refractivity contribution in [2.24, 2.45) is 0 Å². The van der Waals surface area contributed by atoms with Crippen molar-refractivity contribution in [2.45, 2.75) is 32.9 Å². The predicted octanol–water partition coefficient (Wildman–Crippen LogP) is 1.37. The van der Waals surface area contributed by atoms with Gasteiger partial charge in [0.1, 0.15) is 0 Å². The minimum absolute atomic E-state index is 0.0603. The van der Waals surface area contributed by atoms with E-state index in [1.165, 1.54) is 5.56 Å². The summed E-state index contributed by atoms with van der Waals surface area (Å²) in [5.74, 6) is 0. The highest BCUT2D eigenvalue weighted by atomic mass is 16.5. The van der Waals surface area contributed by atoms with Gasteiger partial charge in [-0.2, -0.15) is 5.10 Å². The Morgan fingerprint density at radius 3 is 2.73 bits per heavy atom. The van der Waals surface area contributed by atoms with Gasteiger partial charge in [-0.1, -0.05) is 0 Å². The summed E-state index contributed by atoms with van der Waals surface area (Å²) < 4.78 is 6.94. The third kappa shape index (κ3) is 4.01. The second kappa shape index (κ2) is 5.28. The van der Waals surface area contributed by atoms with Crippen LogP contribution >= 0.6 is 0 Å². The van der Waals surface area contributed by atoms with Crippen LogP contribution in [-0.4, -0.2) is 30.0 Å². The maximum Gasteiger partial charge on any atom is 0.0587 e. The van der Waals surface area contributed by atoms with Crippen LogP contribution in [0, 0.1) is 0 Å². The molecule has 4 heteroatoms. The standard InChI is InChI=1S/C11H21N3O/c1-11(2,3)14-9-10(8-13-14)7-12-5-6-15-4/h8-9,12H,5-7H2,1-4H3. The van der Waals surface area contributed by atoms with Gasteiger partial charge in [-0.3, -0.25) is 4.68 Å². The van der Waals surface area contributed by atoms with E-state index in [0.717, 1.165) is 19.7 Å². The lowest BCUT2D eigenvalue weighted by Gasteiger charge is -2.18. The highest BCUT2D eigenvalue weighted by Crippen LogP contribution is 2.12. The molecule has 0 aromatic carbocycles. The largest absolute Gasteiger partial charge is 0.383 e. The minimum atomic E-state index is 0.0603. The van der Waals surface area contributed by atoms with Gasteiger partial charge in [0.25, 0.3) is 0 Å². The molecule has 0 amide bonds. The maximum atomic E-state index is 4.96. The number of methoxy groups -OCH3 is 1. The van der Waals surface area contributed by atoms with Crippen molar-refractivity contribution in [3.63, 3.8) is 0 Å². The molecule has 0 radical (unpaired) electrons. The van der Waals surface area contributed by atoms with Crippen LogP contribution in [-0.2, 0) is 16.8 Å². The van der Waals surface area contributed by atoms with Gasteiger partial charge in [-0.15, -0.1) is 0 Å². The quantitative estimate of drug-likeness (QED) is 0.748. The Morgan fingerprint density at radius 1 is 1.47 bits per heavy atom. The number of ether oxygens (including phenoxy) is 1. The van der Waals surface area contributed by atoms with Gasteiger partial charge < -0.3 is 10.1 Å². The Hall–Kier alpha value is -0.870. The first-order chi connectivity index (χ1) is 7.04. The molecule has 1 aromatic rings. The number of nitrogens with zero attached hydrogens (tertiary/aromatic N) is 2. The predicted molar refractivity (Wildman–Crippen MR) is 60.8 cm³/mol. The number of hydrogen-bond donors (Lipinski definition) is 1. The van der Waals surface area contributed by atoms with E-state index >= 15 is 0 Å². The molecule has 1 N–H and O–H groups in total. The molecule has 0 aliphatic carbocycles. The lowest BCUT2D eigenvalue weighted by atomic mass is 10.1. The fourth-order valence-corrected chi connectivity index (χ4v) is 1.23. The number of rotatable bonds is 5. The molecule has 0 saturated carbocycles. The van der Waals surface area contributed by atoms with Crippen molar-refractivity contribution in [3.05, 3.63) is 18.0 Å². The molecule has 1 rings (SSSR count). The van der Waals surface area contributed by atoms with Crippen LogP contribution in [0.3, 0.4) is 0 Å². The molecule has 0 spiro atoms. The molecule has 0 bridgehead atoms. The molecule has 0 unspecified atom stereocenters.